The minimum Gasteiger partial charge on any atom is -0.480 e. The van der Waals surface area contributed by atoms with Crippen LogP contribution >= 0.6 is 0 Å². The van der Waals surface area contributed by atoms with E-state index < -0.39 is 12.0 Å². The zero-order valence-electron chi connectivity index (χ0n) is 7.34. The number of carbonyl (C=O) groups is 1. The topological polar surface area (TPSA) is 100 Å². The van der Waals surface area contributed by atoms with Crippen molar-refractivity contribution >= 4 is 5.97 Å². The lowest BCUT2D eigenvalue weighted by Gasteiger charge is -2.04. The van der Waals surface area contributed by atoms with Crippen molar-refractivity contribution in [3.63, 3.8) is 0 Å². The molecule has 5 heteroatoms. The Balaban J connectivity index is 2.70. The molecule has 0 unspecified atom stereocenters. The molecule has 1 heterocycles. The molecule has 72 valence electrons. The molecule has 1 aromatic rings. The van der Waals surface area contributed by atoms with Gasteiger partial charge in [0.2, 0.25) is 0 Å². The van der Waals surface area contributed by atoms with Gasteiger partial charge in [0.05, 0.1) is 5.56 Å². The first-order valence-corrected chi connectivity index (χ1v) is 3.97. The summed E-state index contributed by atoms with van der Waals surface area (Å²) in [5, 5.41) is 17.0. The predicted octanol–water partition coefficient (Wildman–Crippen LogP) is -0.0923. The van der Waals surface area contributed by atoms with Crippen LogP contribution in [0.1, 0.15) is 11.3 Å². The second-order valence-corrected chi connectivity index (χ2v) is 2.80. The van der Waals surface area contributed by atoms with Crippen LogP contribution in [-0.2, 0) is 11.2 Å². The van der Waals surface area contributed by atoms with E-state index in [1.165, 1.54) is 6.20 Å². The van der Waals surface area contributed by atoms with E-state index in [4.69, 9.17) is 16.1 Å². The number of carboxylic acids is 1. The zero-order chi connectivity index (χ0) is 10.6. The predicted molar refractivity (Wildman–Crippen MR) is 48.3 cm³/mol. The third-order valence-corrected chi connectivity index (χ3v) is 1.70. The molecule has 0 spiro atoms. The summed E-state index contributed by atoms with van der Waals surface area (Å²) in [5.41, 5.74) is 6.33. The standard InChI is InChI=1S/C9H9N3O2/c10-4-6-1-2-7(12-5-6)3-8(11)9(13)14/h1-2,5,8H,3,11H2,(H,13,14)/t8-/m0/s1. The number of hydrogen-bond donors (Lipinski definition) is 2. The van der Waals surface area contributed by atoms with Crippen molar-refractivity contribution in [1.29, 1.82) is 5.26 Å². The van der Waals surface area contributed by atoms with Crippen molar-refractivity contribution < 1.29 is 9.90 Å². The van der Waals surface area contributed by atoms with Crippen LogP contribution in [0, 0.1) is 11.3 Å². The van der Waals surface area contributed by atoms with Crippen molar-refractivity contribution in [2.45, 2.75) is 12.5 Å². The van der Waals surface area contributed by atoms with E-state index in [2.05, 4.69) is 4.98 Å². The molecule has 14 heavy (non-hydrogen) atoms. The molecule has 0 aliphatic carbocycles. The molecule has 5 nitrogen and oxygen atoms in total. The lowest BCUT2D eigenvalue weighted by molar-refractivity contribution is -0.138. The summed E-state index contributed by atoms with van der Waals surface area (Å²) in [6.07, 6.45) is 1.56. The fraction of sp³-hybridized carbons (Fsp3) is 0.222. The lowest BCUT2D eigenvalue weighted by Crippen LogP contribution is -2.32. The number of carboxylic acid groups (broad SMARTS) is 1. The molecule has 0 amide bonds. The van der Waals surface area contributed by atoms with E-state index in [0.717, 1.165) is 0 Å². The Bertz CT molecular complexity index is 367. The highest BCUT2D eigenvalue weighted by Crippen LogP contribution is 2.01. The molecule has 0 saturated heterocycles. The fourth-order valence-electron chi connectivity index (χ4n) is 0.924. The van der Waals surface area contributed by atoms with E-state index in [0.29, 0.717) is 11.3 Å². The summed E-state index contributed by atoms with van der Waals surface area (Å²) in [5.74, 6) is -1.06. The third-order valence-electron chi connectivity index (χ3n) is 1.70. The smallest absolute Gasteiger partial charge is 0.320 e. The zero-order valence-corrected chi connectivity index (χ0v) is 7.34. The number of nitriles is 1. The second-order valence-electron chi connectivity index (χ2n) is 2.80. The first-order valence-electron chi connectivity index (χ1n) is 3.97. The largest absolute Gasteiger partial charge is 0.480 e. The van der Waals surface area contributed by atoms with Crippen LogP contribution in [0.4, 0.5) is 0 Å². The molecule has 1 atom stereocenters. The molecule has 0 aromatic carbocycles. The molecule has 1 aromatic heterocycles. The average molecular weight is 191 g/mol. The third kappa shape index (κ3) is 2.54. The number of hydrogen-bond acceptors (Lipinski definition) is 4. The molecular formula is C9H9N3O2. The van der Waals surface area contributed by atoms with Crippen LogP contribution in [0.15, 0.2) is 18.3 Å². The summed E-state index contributed by atoms with van der Waals surface area (Å²) in [4.78, 5) is 14.3. The van der Waals surface area contributed by atoms with Gasteiger partial charge in [-0.2, -0.15) is 5.26 Å². The number of aromatic nitrogens is 1. The van der Waals surface area contributed by atoms with Gasteiger partial charge in [-0.1, -0.05) is 0 Å². The Labute approximate surface area is 80.8 Å². The highest BCUT2D eigenvalue weighted by atomic mass is 16.4. The molecule has 1 rings (SSSR count). The minimum atomic E-state index is -1.06. The van der Waals surface area contributed by atoms with Gasteiger partial charge in [-0.3, -0.25) is 9.78 Å². The highest BCUT2D eigenvalue weighted by molar-refractivity contribution is 5.73. The molecule has 0 bridgehead atoms. The Hall–Kier alpha value is -1.93. The van der Waals surface area contributed by atoms with E-state index in [1.54, 1.807) is 12.1 Å². The van der Waals surface area contributed by atoms with Crippen LogP contribution in [0.2, 0.25) is 0 Å². The van der Waals surface area contributed by atoms with Gasteiger partial charge < -0.3 is 10.8 Å². The highest BCUT2D eigenvalue weighted by Gasteiger charge is 2.12. The Morgan fingerprint density at radius 3 is 2.86 bits per heavy atom. The maximum atomic E-state index is 10.4. The van der Waals surface area contributed by atoms with Crippen LogP contribution in [0.5, 0.6) is 0 Å². The minimum absolute atomic E-state index is 0.168. The summed E-state index contributed by atoms with van der Waals surface area (Å²) in [6, 6.07) is 4.15. The first kappa shape index (κ1) is 10.2. The molecular weight excluding hydrogens is 182 g/mol. The maximum Gasteiger partial charge on any atom is 0.320 e. The van der Waals surface area contributed by atoms with Crippen molar-refractivity contribution in [2.24, 2.45) is 5.73 Å². The monoisotopic (exact) mass is 191 g/mol. The first-order chi connectivity index (χ1) is 6.63. The second kappa shape index (κ2) is 4.35. The van der Waals surface area contributed by atoms with Crippen LogP contribution < -0.4 is 5.73 Å². The summed E-state index contributed by atoms with van der Waals surface area (Å²) >= 11 is 0. The van der Waals surface area contributed by atoms with Crippen LogP contribution in [0.3, 0.4) is 0 Å². The number of nitrogens with two attached hydrogens (primary N) is 1. The number of nitrogens with zero attached hydrogens (tertiary/aromatic N) is 2. The van der Waals surface area contributed by atoms with Gasteiger partial charge in [0.1, 0.15) is 12.1 Å². The Morgan fingerprint density at radius 1 is 1.71 bits per heavy atom. The fourth-order valence-corrected chi connectivity index (χ4v) is 0.924. The Morgan fingerprint density at radius 2 is 2.43 bits per heavy atom. The summed E-state index contributed by atoms with van der Waals surface area (Å²) in [6.45, 7) is 0. The van der Waals surface area contributed by atoms with Crippen molar-refractivity contribution in [2.75, 3.05) is 0 Å². The average Bonchev–Trinajstić information content (AvgIpc) is 2.19. The maximum absolute atomic E-state index is 10.4. The molecule has 0 aliphatic rings. The van der Waals surface area contributed by atoms with E-state index >= 15 is 0 Å². The molecule has 0 aliphatic heterocycles. The number of pyridine rings is 1. The lowest BCUT2D eigenvalue weighted by atomic mass is 10.1. The Kier molecular flexibility index (Phi) is 3.15. The van der Waals surface area contributed by atoms with Gasteiger partial charge in [0.25, 0.3) is 0 Å². The van der Waals surface area contributed by atoms with Crippen molar-refractivity contribution in [3.8, 4) is 6.07 Å². The summed E-state index contributed by atoms with van der Waals surface area (Å²) in [7, 11) is 0. The molecule has 0 saturated carbocycles. The van der Waals surface area contributed by atoms with Crippen LogP contribution in [0.25, 0.3) is 0 Å². The quantitative estimate of drug-likeness (QED) is 0.695. The van der Waals surface area contributed by atoms with Gasteiger partial charge >= 0.3 is 5.97 Å². The normalized spacial score (nSPS) is 11.7. The van der Waals surface area contributed by atoms with E-state index in [-0.39, 0.29) is 6.42 Å². The van der Waals surface area contributed by atoms with Gasteiger partial charge in [0.15, 0.2) is 0 Å². The van der Waals surface area contributed by atoms with Gasteiger partial charge in [0, 0.05) is 18.3 Å². The van der Waals surface area contributed by atoms with Crippen molar-refractivity contribution in [1.82, 2.24) is 4.98 Å². The SMILES string of the molecule is N#Cc1ccc(C[C@H](N)C(=O)O)nc1. The van der Waals surface area contributed by atoms with E-state index in [1.807, 2.05) is 6.07 Å². The molecule has 0 radical (unpaired) electrons. The number of rotatable bonds is 3. The molecule has 0 fully saturated rings. The van der Waals surface area contributed by atoms with Gasteiger partial charge in [-0.15, -0.1) is 0 Å². The molecule has 3 N–H and O–H groups in total. The van der Waals surface area contributed by atoms with Crippen molar-refractivity contribution in [3.05, 3.63) is 29.6 Å². The van der Waals surface area contributed by atoms with Gasteiger partial charge in [-0.25, -0.2) is 0 Å². The van der Waals surface area contributed by atoms with E-state index in [9.17, 15) is 4.79 Å². The number of aliphatic carboxylic acids is 1. The summed E-state index contributed by atoms with van der Waals surface area (Å²) < 4.78 is 0. The van der Waals surface area contributed by atoms with Crippen LogP contribution in [-0.4, -0.2) is 22.1 Å². The van der Waals surface area contributed by atoms with Gasteiger partial charge in [-0.05, 0) is 12.1 Å².